The summed E-state index contributed by atoms with van der Waals surface area (Å²) in [6, 6.07) is 10.3. The van der Waals surface area contributed by atoms with Gasteiger partial charge >= 0.3 is 0 Å². The minimum absolute atomic E-state index is 0.743. The summed E-state index contributed by atoms with van der Waals surface area (Å²) in [6.07, 6.45) is 1.72. The zero-order chi connectivity index (χ0) is 10.9. The normalized spacial score (nSPS) is 9.67. The van der Waals surface area contributed by atoms with Gasteiger partial charge in [-0.1, -0.05) is 18.2 Å². The number of carbonyl (C=O) groups is 1. The molecule has 0 atom stereocenters. The Balaban J connectivity index is 2.39. The summed E-state index contributed by atoms with van der Waals surface area (Å²) in [4.78, 5) is 12.4. The molecule has 15 heavy (non-hydrogen) atoms. The van der Waals surface area contributed by atoms with E-state index < -0.39 is 0 Å². The van der Waals surface area contributed by atoms with Crippen molar-refractivity contribution in [1.82, 2.24) is 5.32 Å². The first-order chi connectivity index (χ1) is 7.38. The van der Waals surface area contributed by atoms with Gasteiger partial charge in [-0.05, 0) is 25.5 Å². The smallest absolute Gasteiger partial charge is 0.207 e. The fourth-order valence-electron chi connectivity index (χ4n) is 1.54. The van der Waals surface area contributed by atoms with Crippen molar-refractivity contribution in [2.24, 2.45) is 0 Å². The van der Waals surface area contributed by atoms with Crippen LogP contribution in [0.4, 0.5) is 5.69 Å². The van der Waals surface area contributed by atoms with Crippen molar-refractivity contribution in [2.75, 3.05) is 24.5 Å². The van der Waals surface area contributed by atoms with Crippen LogP contribution in [0, 0.1) is 0 Å². The number of benzene rings is 1. The maximum absolute atomic E-state index is 10.1. The summed E-state index contributed by atoms with van der Waals surface area (Å²) in [5, 5.41) is 2.67. The van der Waals surface area contributed by atoms with Gasteiger partial charge in [0.1, 0.15) is 0 Å². The molecule has 1 aromatic rings. The fraction of sp³-hybridized carbons (Fsp3) is 0.417. The van der Waals surface area contributed by atoms with Crippen LogP contribution in [0.3, 0.4) is 0 Å². The Morgan fingerprint density at radius 1 is 1.33 bits per heavy atom. The Bertz CT molecular complexity index is 274. The predicted octanol–water partition coefficient (Wildman–Crippen LogP) is 1.65. The minimum Gasteiger partial charge on any atom is -0.372 e. The molecule has 0 aliphatic carbocycles. The first kappa shape index (κ1) is 11.6. The van der Waals surface area contributed by atoms with Gasteiger partial charge in [0.2, 0.25) is 6.41 Å². The summed E-state index contributed by atoms with van der Waals surface area (Å²) in [7, 11) is 0. The lowest BCUT2D eigenvalue weighted by Gasteiger charge is -2.22. The molecule has 82 valence electrons. The van der Waals surface area contributed by atoms with Gasteiger partial charge in [-0.25, -0.2) is 0 Å². The van der Waals surface area contributed by atoms with Gasteiger partial charge in [0.25, 0.3) is 0 Å². The molecule has 1 aromatic carbocycles. The van der Waals surface area contributed by atoms with Crippen LogP contribution >= 0.6 is 0 Å². The van der Waals surface area contributed by atoms with Crippen LogP contribution in [-0.4, -0.2) is 26.0 Å². The highest BCUT2D eigenvalue weighted by atomic mass is 16.1. The molecule has 0 heterocycles. The summed E-state index contributed by atoms with van der Waals surface area (Å²) in [5.41, 5.74) is 1.24. The number of para-hydroxylation sites is 1. The first-order valence-corrected chi connectivity index (χ1v) is 5.35. The van der Waals surface area contributed by atoms with Gasteiger partial charge in [-0.15, -0.1) is 0 Å². The van der Waals surface area contributed by atoms with Crippen LogP contribution in [0.25, 0.3) is 0 Å². The lowest BCUT2D eigenvalue weighted by atomic mass is 10.2. The predicted molar refractivity (Wildman–Crippen MR) is 63.0 cm³/mol. The van der Waals surface area contributed by atoms with Crippen molar-refractivity contribution >= 4 is 12.1 Å². The highest BCUT2D eigenvalue weighted by Gasteiger charge is 2.01. The average Bonchev–Trinajstić information content (AvgIpc) is 2.30. The van der Waals surface area contributed by atoms with Crippen molar-refractivity contribution < 1.29 is 4.79 Å². The molecule has 1 amide bonds. The molecule has 0 aliphatic heterocycles. The van der Waals surface area contributed by atoms with Crippen LogP contribution in [0.1, 0.15) is 13.3 Å². The molecule has 1 rings (SSSR count). The Labute approximate surface area is 91.1 Å². The van der Waals surface area contributed by atoms with Gasteiger partial charge in [0.15, 0.2) is 0 Å². The number of hydrogen-bond donors (Lipinski definition) is 1. The van der Waals surface area contributed by atoms with Gasteiger partial charge in [0, 0.05) is 25.3 Å². The third kappa shape index (κ3) is 4.02. The van der Waals surface area contributed by atoms with Crippen LogP contribution in [-0.2, 0) is 4.79 Å². The third-order valence-electron chi connectivity index (χ3n) is 2.34. The molecule has 0 fully saturated rings. The maximum Gasteiger partial charge on any atom is 0.207 e. The quantitative estimate of drug-likeness (QED) is 0.543. The molecule has 0 saturated heterocycles. The zero-order valence-corrected chi connectivity index (χ0v) is 9.15. The van der Waals surface area contributed by atoms with E-state index in [2.05, 4.69) is 29.3 Å². The summed E-state index contributed by atoms with van der Waals surface area (Å²) < 4.78 is 0. The van der Waals surface area contributed by atoms with Crippen LogP contribution in [0.15, 0.2) is 30.3 Å². The van der Waals surface area contributed by atoms with Crippen LogP contribution in [0.5, 0.6) is 0 Å². The number of amides is 1. The third-order valence-corrected chi connectivity index (χ3v) is 2.34. The molecule has 0 bridgehead atoms. The number of carbonyl (C=O) groups excluding carboxylic acids is 1. The summed E-state index contributed by atoms with van der Waals surface area (Å²) in [5.74, 6) is 0. The van der Waals surface area contributed by atoms with Crippen LogP contribution < -0.4 is 10.2 Å². The van der Waals surface area contributed by atoms with Crippen molar-refractivity contribution in [3.63, 3.8) is 0 Å². The van der Waals surface area contributed by atoms with E-state index in [0.29, 0.717) is 0 Å². The van der Waals surface area contributed by atoms with E-state index in [1.807, 2.05) is 18.2 Å². The van der Waals surface area contributed by atoms with E-state index in [0.717, 1.165) is 32.5 Å². The van der Waals surface area contributed by atoms with E-state index in [9.17, 15) is 4.79 Å². The molecule has 3 nitrogen and oxygen atoms in total. The molecule has 0 saturated carbocycles. The monoisotopic (exact) mass is 206 g/mol. The minimum atomic E-state index is 0.743. The van der Waals surface area contributed by atoms with E-state index in [4.69, 9.17) is 0 Å². The van der Waals surface area contributed by atoms with Gasteiger partial charge < -0.3 is 10.2 Å². The number of nitrogens with zero attached hydrogens (tertiary/aromatic N) is 1. The molecule has 0 unspecified atom stereocenters. The van der Waals surface area contributed by atoms with Crippen molar-refractivity contribution in [3.05, 3.63) is 30.3 Å². The molecule has 0 aromatic heterocycles. The molecule has 3 heteroatoms. The lowest BCUT2D eigenvalue weighted by Crippen LogP contribution is -2.26. The summed E-state index contributed by atoms with van der Waals surface area (Å²) >= 11 is 0. The first-order valence-electron chi connectivity index (χ1n) is 5.35. The second-order valence-corrected chi connectivity index (χ2v) is 3.34. The molecular weight excluding hydrogens is 188 g/mol. The average molecular weight is 206 g/mol. The maximum atomic E-state index is 10.1. The van der Waals surface area contributed by atoms with Crippen LogP contribution in [0.2, 0.25) is 0 Å². The highest BCUT2D eigenvalue weighted by Crippen LogP contribution is 2.12. The van der Waals surface area contributed by atoms with E-state index >= 15 is 0 Å². The molecule has 0 radical (unpaired) electrons. The molecule has 1 N–H and O–H groups in total. The number of nitrogens with one attached hydrogen (secondary N) is 1. The van der Waals surface area contributed by atoms with Gasteiger partial charge in [-0.3, -0.25) is 4.79 Å². The summed E-state index contributed by atoms with van der Waals surface area (Å²) in [6.45, 7) is 4.85. The van der Waals surface area contributed by atoms with Crippen molar-refractivity contribution in [3.8, 4) is 0 Å². The number of anilines is 1. The van der Waals surface area contributed by atoms with Crippen molar-refractivity contribution in [1.29, 1.82) is 0 Å². The number of hydrogen-bond acceptors (Lipinski definition) is 2. The Hall–Kier alpha value is -1.51. The van der Waals surface area contributed by atoms with Gasteiger partial charge in [0.05, 0.1) is 0 Å². The molecule has 0 spiro atoms. The fourth-order valence-corrected chi connectivity index (χ4v) is 1.54. The Morgan fingerprint density at radius 2 is 2.07 bits per heavy atom. The lowest BCUT2D eigenvalue weighted by molar-refractivity contribution is -0.109. The molecular formula is C12H18N2O. The van der Waals surface area contributed by atoms with Crippen molar-refractivity contribution in [2.45, 2.75) is 13.3 Å². The van der Waals surface area contributed by atoms with Gasteiger partial charge in [-0.2, -0.15) is 0 Å². The van der Waals surface area contributed by atoms with E-state index in [1.54, 1.807) is 0 Å². The second-order valence-electron chi connectivity index (χ2n) is 3.34. The largest absolute Gasteiger partial charge is 0.372 e. The highest BCUT2D eigenvalue weighted by molar-refractivity contribution is 5.46. The SMILES string of the molecule is CCN(CCCNC=O)c1ccccc1. The van der Waals surface area contributed by atoms with E-state index in [-0.39, 0.29) is 0 Å². The van der Waals surface area contributed by atoms with E-state index in [1.165, 1.54) is 5.69 Å². The standard InChI is InChI=1S/C12H18N2O/c1-2-14(10-6-9-13-11-15)12-7-4-3-5-8-12/h3-5,7-8,11H,2,6,9-10H2,1H3,(H,13,15). The Morgan fingerprint density at radius 3 is 2.67 bits per heavy atom. The molecule has 0 aliphatic rings. The number of rotatable bonds is 7. The zero-order valence-electron chi connectivity index (χ0n) is 9.15. The Kier molecular flexibility index (Phi) is 5.30. The second kappa shape index (κ2) is 6.87. The topological polar surface area (TPSA) is 32.3 Å².